The second kappa shape index (κ2) is 6.45. The Bertz CT molecular complexity index is 659. The molecule has 1 aliphatic carbocycles. The van der Waals surface area contributed by atoms with E-state index in [0.717, 1.165) is 24.8 Å². The summed E-state index contributed by atoms with van der Waals surface area (Å²) in [6, 6.07) is 2.13. The molecule has 0 atom stereocenters. The Balaban J connectivity index is 1.66. The number of rotatable bonds is 4. The number of oxazole rings is 1. The normalized spacial score (nSPS) is 18.9. The number of amides is 1. The van der Waals surface area contributed by atoms with Crippen molar-refractivity contribution in [2.45, 2.75) is 39.0 Å². The topological polar surface area (TPSA) is 73.4 Å². The van der Waals surface area contributed by atoms with Crippen molar-refractivity contribution in [3.05, 3.63) is 23.2 Å². The van der Waals surface area contributed by atoms with Crippen LogP contribution in [0.25, 0.3) is 0 Å². The minimum atomic E-state index is 0.100. The first-order chi connectivity index (χ1) is 11.1. The Kier molecular flexibility index (Phi) is 4.37. The van der Waals surface area contributed by atoms with Crippen molar-refractivity contribution in [2.75, 3.05) is 31.1 Å². The lowest BCUT2D eigenvalue weighted by molar-refractivity contribution is -0.127. The summed E-state index contributed by atoms with van der Waals surface area (Å²) >= 11 is 0. The average molecular weight is 314 g/mol. The molecule has 0 bridgehead atoms. The van der Waals surface area contributed by atoms with Crippen LogP contribution in [0, 0.1) is 11.3 Å². The number of nitrogens with zero attached hydrogens (tertiary/aromatic N) is 4. The first-order valence-corrected chi connectivity index (χ1v) is 8.25. The van der Waals surface area contributed by atoms with Crippen LogP contribution in [-0.4, -0.2) is 42.0 Å². The maximum atomic E-state index is 12.3. The lowest BCUT2D eigenvalue weighted by Crippen LogP contribution is -2.49. The molecule has 23 heavy (non-hydrogen) atoms. The summed E-state index contributed by atoms with van der Waals surface area (Å²) < 4.78 is 5.83. The van der Waals surface area contributed by atoms with Crippen LogP contribution in [-0.2, 0) is 4.79 Å². The van der Waals surface area contributed by atoms with E-state index in [9.17, 15) is 10.1 Å². The van der Waals surface area contributed by atoms with Crippen LogP contribution in [0.1, 0.15) is 50.6 Å². The van der Waals surface area contributed by atoms with Gasteiger partial charge in [0.05, 0.1) is 0 Å². The monoisotopic (exact) mass is 314 g/mol. The Morgan fingerprint density at radius 3 is 2.65 bits per heavy atom. The van der Waals surface area contributed by atoms with E-state index >= 15 is 0 Å². The average Bonchev–Trinajstić information content (AvgIpc) is 3.33. The molecule has 0 radical (unpaired) electrons. The number of aromatic nitrogens is 1. The molecule has 0 N–H and O–H groups in total. The number of allylic oxidation sites excluding steroid dienone is 1. The first-order valence-electron chi connectivity index (χ1n) is 8.25. The van der Waals surface area contributed by atoms with Crippen LogP contribution in [0.4, 0.5) is 5.88 Å². The zero-order chi connectivity index (χ0) is 16.4. The number of hydrogen-bond acceptors (Lipinski definition) is 5. The van der Waals surface area contributed by atoms with Crippen molar-refractivity contribution >= 4 is 11.8 Å². The molecule has 0 spiro atoms. The molecule has 0 unspecified atom stereocenters. The maximum Gasteiger partial charge on any atom is 0.249 e. The molecule has 6 nitrogen and oxygen atoms in total. The molecule has 2 fully saturated rings. The fraction of sp³-hybridized carbons (Fsp3) is 0.588. The van der Waals surface area contributed by atoms with Crippen LogP contribution in [0.5, 0.6) is 0 Å². The van der Waals surface area contributed by atoms with Gasteiger partial charge in [0.2, 0.25) is 23.4 Å². The predicted octanol–water partition coefficient (Wildman–Crippen LogP) is 2.43. The molecule has 3 rings (SSSR count). The number of piperazine rings is 1. The highest BCUT2D eigenvalue weighted by Gasteiger charge is 2.32. The van der Waals surface area contributed by atoms with Crippen molar-refractivity contribution in [3.8, 4) is 6.07 Å². The summed E-state index contributed by atoms with van der Waals surface area (Å²) in [5, 5.41) is 9.27. The highest BCUT2D eigenvalue weighted by atomic mass is 16.4. The van der Waals surface area contributed by atoms with E-state index in [1.165, 1.54) is 0 Å². The van der Waals surface area contributed by atoms with Gasteiger partial charge >= 0.3 is 0 Å². The van der Waals surface area contributed by atoms with E-state index in [-0.39, 0.29) is 5.91 Å². The van der Waals surface area contributed by atoms with E-state index in [0.29, 0.717) is 49.6 Å². The minimum absolute atomic E-state index is 0.100. The zero-order valence-electron chi connectivity index (χ0n) is 13.7. The van der Waals surface area contributed by atoms with Gasteiger partial charge in [0.25, 0.3) is 0 Å². The van der Waals surface area contributed by atoms with Crippen molar-refractivity contribution < 1.29 is 9.21 Å². The number of carbonyl (C=O) groups is 1. The summed E-state index contributed by atoms with van der Waals surface area (Å²) in [5.41, 5.74) is 1.17. The van der Waals surface area contributed by atoms with Crippen molar-refractivity contribution in [1.29, 1.82) is 5.26 Å². The van der Waals surface area contributed by atoms with Crippen molar-refractivity contribution in [2.24, 2.45) is 0 Å². The number of hydrogen-bond donors (Lipinski definition) is 0. The Hall–Kier alpha value is -2.29. The lowest BCUT2D eigenvalue weighted by atomic mass is 10.2. The van der Waals surface area contributed by atoms with Gasteiger partial charge in [-0.1, -0.05) is 13.0 Å². The van der Waals surface area contributed by atoms with Gasteiger partial charge < -0.3 is 14.2 Å². The van der Waals surface area contributed by atoms with Crippen LogP contribution < -0.4 is 4.90 Å². The van der Waals surface area contributed by atoms with Gasteiger partial charge in [-0.05, 0) is 26.2 Å². The third-order valence-corrected chi connectivity index (χ3v) is 4.36. The van der Waals surface area contributed by atoms with E-state index in [1.807, 2.05) is 29.7 Å². The summed E-state index contributed by atoms with van der Waals surface area (Å²) in [6.45, 7) is 6.50. The molecule has 1 aliphatic heterocycles. The fourth-order valence-corrected chi connectivity index (χ4v) is 2.88. The zero-order valence-corrected chi connectivity index (χ0v) is 13.7. The third-order valence-electron chi connectivity index (χ3n) is 4.36. The molecule has 1 aromatic heterocycles. The van der Waals surface area contributed by atoms with Gasteiger partial charge in [0.1, 0.15) is 6.07 Å². The largest absolute Gasteiger partial charge is 0.423 e. The molecule has 1 saturated heterocycles. The third kappa shape index (κ3) is 3.24. The predicted molar refractivity (Wildman–Crippen MR) is 86.0 cm³/mol. The molecule has 6 heteroatoms. The van der Waals surface area contributed by atoms with Crippen molar-refractivity contribution in [3.63, 3.8) is 0 Å². The molecule has 1 saturated carbocycles. The smallest absolute Gasteiger partial charge is 0.249 e. The quantitative estimate of drug-likeness (QED) is 0.798. The van der Waals surface area contributed by atoms with Gasteiger partial charge in [0.15, 0.2) is 0 Å². The van der Waals surface area contributed by atoms with Crippen LogP contribution in [0.15, 0.2) is 16.1 Å². The second-order valence-electron chi connectivity index (χ2n) is 6.17. The van der Waals surface area contributed by atoms with E-state index in [1.54, 1.807) is 0 Å². The van der Waals surface area contributed by atoms with Crippen LogP contribution in [0.3, 0.4) is 0 Å². The maximum absolute atomic E-state index is 12.3. The molecule has 2 heterocycles. The second-order valence-corrected chi connectivity index (χ2v) is 6.17. The lowest BCUT2D eigenvalue weighted by Gasteiger charge is -2.34. The first kappa shape index (κ1) is 15.6. The van der Waals surface area contributed by atoms with Gasteiger partial charge in [-0.2, -0.15) is 5.26 Å². The van der Waals surface area contributed by atoms with Gasteiger partial charge in [-0.25, -0.2) is 4.98 Å². The number of carbonyl (C=O) groups excluding carboxylic acids is 1. The van der Waals surface area contributed by atoms with Gasteiger partial charge in [-0.3, -0.25) is 4.79 Å². The summed E-state index contributed by atoms with van der Waals surface area (Å²) in [6.07, 6.45) is 5.01. The molecule has 0 aromatic carbocycles. The molecular weight excluding hydrogens is 292 g/mol. The number of anilines is 1. The highest BCUT2D eigenvalue weighted by Crippen LogP contribution is 2.41. The van der Waals surface area contributed by atoms with E-state index < -0.39 is 0 Å². The molecular formula is C17H22N4O2. The Morgan fingerprint density at radius 1 is 1.39 bits per heavy atom. The Labute approximate surface area is 136 Å². The minimum Gasteiger partial charge on any atom is -0.423 e. The van der Waals surface area contributed by atoms with Gasteiger partial charge in [0, 0.05) is 37.7 Å². The standard InChI is InChI=1S/C17H22N4O2/c1-3-4-12(2)16(22)20-7-9-21(10-8-20)17-14(11-18)19-15(23-17)13-5-6-13/h4,13H,3,5-10H2,1-2H3/b12-4-. The van der Waals surface area contributed by atoms with Crippen molar-refractivity contribution in [1.82, 2.24) is 9.88 Å². The van der Waals surface area contributed by atoms with E-state index in [2.05, 4.69) is 11.1 Å². The Morgan fingerprint density at radius 2 is 2.09 bits per heavy atom. The van der Waals surface area contributed by atoms with Gasteiger partial charge in [-0.15, -0.1) is 0 Å². The summed E-state index contributed by atoms with van der Waals surface area (Å²) in [5.74, 6) is 1.75. The molecule has 2 aliphatic rings. The highest BCUT2D eigenvalue weighted by molar-refractivity contribution is 5.93. The van der Waals surface area contributed by atoms with E-state index in [4.69, 9.17) is 4.42 Å². The summed E-state index contributed by atoms with van der Waals surface area (Å²) in [7, 11) is 0. The SMILES string of the molecule is CC/C=C(/C)C(=O)N1CCN(c2oc(C3CC3)nc2C#N)CC1. The fourth-order valence-electron chi connectivity index (χ4n) is 2.88. The molecule has 1 amide bonds. The van der Waals surface area contributed by atoms with Crippen LogP contribution in [0.2, 0.25) is 0 Å². The molecule has 1 aromatic rings. The summed E-state index contributed by atoms with van der Waals surface area (Å²) in [4.78, 5) is 20.5. The number of nitriles is 1. The van der Waals surface area contributed by atoms with Crippen LogP contribution >= 0.6 is 0 Å². The molecule has 122 valence electrons.